The second-order valence-electron chi connectivity index (χ2n) is 3.77. The summed E-state index contributed by atoms with van der Waals surface area (Å²) in [6.07, 6.45) is 2.01. The molecule has 1 aromatic rings. The van der Waals surface area contributed by atoms with E-state index < -0.39 is 11.6 Å². The van der Waals surface area contributed by atoms with Crippen LogP contribution in [-0.2, 0) is 0 Å². The van der Waals surface area contributed by atoms with Gasteiger partial charge in [-0.2, -0.15) is 0 Å². The van der Waals surface area contributed by atoms with E-state index in [0.717, 1.165) is 23.3 Å². The largest absolute Gasteiger partial charge is 0.323 e. The fourth-order valence-corrected chi connectivity index (χ4v) is 3.34. The Morgan fingerprint density at radius 3 is 2.67 bits per heavy atom. The van der Waals surface area contributed by atoms with E-state index in [4.69, 9.17) is 5.73 Å². The number of thioether (sulfide) groups is 1. The Kier molecular flexibility index (Phi) is 2.98. The first-order chi connectivity index (χ1) is 7.13. The van der Waals surface area contributed by atoms with Crippen molar-refractivity contribution < 1.29 is 8.78 Å². The molecule has 0 bridgehead atoms. The molecular formula is C11H13F2NS. The molecule has 82 valence electrons. The van der Waals surface area contributed by atoms with Crippen molar-refractivity contribution in [1.82, 2.24) is 0 Å². The summed E-state index contributed by atoms with van der Waals surface area (Å²) in [6.45, 7) is 2.08. The second-order valence-corrected chi connectivity index (χ2v) is 5.06. The Bertz CT molecular complexity index is 381. The van der Waals surface area contributed by atoms with Crippen LogP contribution < -0.4 is 5.73 Å². The van der Waals surface area contributed by atoms with Gasteiger partial charge in [-0.05, 0) is 24.1 Å². The molecule has 0 saturated heterocycles. The monoisotopic (exact) mass is 229 g/mol. The predicted octanol–water partition coefficient (Wildman–Crippen LogP) is 3.24. The van der Waals surface area contributed by atoms with Gasteiger partial charge in [-0.1, -0.05) is 13.3 Å². The van der Waals surface area contributed by atoms with E-state index in [1.54, 1.807) is 11.8 Å². The maximum atomic E-state index is 13.0. The van der Waals surface area contributed by atoms with Gasteiger partial charge in [-0.3, -0.25) is 0 Å². The van der Waals surface area contributed by atoms with Crippen molar-refractivity contribution in [2.45, 2.75) is 36.0 Å². The van der Waals surface area contributed by atoms with Crippen LogP contribution in [0.4, 0.5) is 8.78 Å². The molecule has 1 heterocycles. The Hall–Kier alpha value is -0.610. The number of hydrogen-bond acceptors (Lipinski definition) is 2. The third-order valence-electron chi connectivity index (χ3n) is 2.66. The summed E-state index contributed by atoms with van der Waals surface area (Å²) in [5, 5.41) is 0.256. The number of nitrogens with two attached hydrogens (primary N) is 1. The maximum absolute atomic E-state index is 13.0. The zero-order valence-corrected chi connectivity index (χ0v) is 9.28. The van der Waals surface area contributed by atoms with E-state index >= 15 is 0 Å². The fraction of sp³-hybridized carbons (Fsp3) is 0.455. The fourth-order valence-electron chi connectivity index (χ4n) is 1.87. The molecule has 2 rings (SSSR count). The molecule has 1 nitrogen and oxygen atoms in total. The van der Waals surface area contributed by atoms with Gasteiger partial charge < -0.3 is 5.73 Å². The van der Waals surface area contributed by atoms with Gasteiger partial charge in [0.15, 0.2) is 11.6 Å². The highest BCUT2D eigenvalue weighted by atomic mass is 32.2. The highest BCUT2D eigenvalue weighted by molar-refractivity contribution is 8.00. The molecule has 0 radical (unpaired) electrons. The molecule has 2 atom stereocenters. The molecule has 15 heavy (non-hydrogen) atoms. The van der Waals surface area contributed by atoms with Crippen molar-refractivity contribution in [1.29, 1.82) is 0 Å². The van der Waals surface area contributed by atoms with Crippen LogP contribution >= 0.6 is 11.8 Å². The molecule has 0 aliphatic carbocycles. The number of halogens is 2. The highest BCUT2D eigenvalue weighted by Gasteiger charge is 2.31. The van der Waals surface area contributed by atoms with Gasteiger partial charge >= 0.3 is 0 Å². The lowest BCUT2D eigenvalue weighted by molar-refractivity contribution is 0.501. The molecule has 2 N–H and O–H groups in total. The molecule has 1 aromatic carbocycles. The van der Waals surface area contributed by atoms with Crippen LogP contribution in [0.2, 0.25) is 0 Å². The summed E-state index contributed by atoms with van der Waals surface area (Å²) in [5.41, 5.74) is 6.73. The van der Waals surface area contributed by atoms with Crippen molar-refractivity contribution >= 4 is 11.8 Å². The van der Waals surface area contributed by atoms with Crippen LogP contribution in [0.5, 0.6) is 0 Å². The first-order valence-corrected chi connectivity index (χ1v) is 5.92. The smallest absolute Gasteiger partial charge is 0.159 e. The summed E-state index contributed by atoms with van der Waals surface area (Å²) < 4.78 is 26.0. The summed E-state index contributed by atoms with van der Waals surface area (Å²) in [4.78, 5) is 0.792. The lowest BCUT2D eigenvalue weighted by atomic mass is 10.0. The van der Waals surface area contributed by atoms with E-state index in [1.807, 2.05) is 0 Å². The molecule has 1 aliphatic heterocycles. The number of fused-ring (bicyclic) bond motifs is 1. The van der Waals surface area contributed by atoms with Gasteiger partial charge in [0.25, 0.3) is 0 Å². The molecular weight excluding hydrogens is 216 g/mol. The standard InChI is InChI=1S/C11H13F2NS/c1-2-3-9-11(14)6-4-7(12)8(13)5-10(6)15-9/h4-5,9,11H,2-3,14H2,1H3. The minimum Gasteiger partial charge on any atom is -0.323 e. The van der Waals surface area contributed by atoms with Crippen LogP contribution in [0.15, 0.2) is 17.0 Å². The molecule has 0 amide bonds. The van der Waals surface area contributed by atoms with Crippen molar-refractivity contribution in [3.8, 4) is 0 Å². The Morgan fingerprint density at radius 2 is 2.00 bits per heavy atom. The quantitative estimate of drug-likeness (QED) is 0.842. The minimum atomic E-state index is -0.804. The summed E-state index contributed by atoms with van der Waals surface area (Å²) in [6, 6.07) is 2.32. The van der Waals surface area contributed by atoms with Gasteiger partial charge in [0, 0.05) is 16.2 Å². The molecule has 2 unspecified atom stereocenters. The topological polar surface area (TPSA) is 26.0 Å². The van der Waals surface area contributed by atoms with Gasteiger partial charge in [0.2, 0.25) is 0 Å². The lowest BCUT2D eigenvalue weighted by Gasteiger charge is -2.13. The number of hydrogen-bond donors (Lipinski definition) is 1. The summed E-state index contributed by atoms with van der Waals surface area (Å²) in [7, 11) is 0. The molecule has 0 fully saturated rings. The third kappa shape index (κ3) is 1.88. The average Bonchev–Trinajstić information content (AvgIpc) is 2.47. The van der Waals surface area contributed by atoms with Crippen LogP contribution in [0.1, 0.15) is 31.4 Å². The SMILES string of the molecule is CCCC1Sc2cc(F)c(F)cc2C1N. The van der Waals surface area contributed by atoms with Crippen LogP contribution in [0.25, 0.3) is 0 Å². The van der Waals surface area contributed by atoms with Crippen LogP contribution in [0, 0.1) is 11.6 Å². The highest BCUT2D eigenvalue weighted by Crippen LogP contribution is 2.45. The zero-order chi connectivity index (χ0) is 11.0. The van der Waals surface area contributed by atoms with E-state index in [2.05, 4.69) is 6.92 Å². The molecule has 0 spiro atoms. The second kappa shape index (κ2) is 4.10. The van der Waals surface area contributed by atoms with Crippen molar-refractivity contribution in [3.05, 3.63) is 29.3 Å². The summed E-state index contributed by atoms with van der Waals surface area (Å²) >= 11 is 1.56. The van der Waals surface area contributed by atoms with E-state index in [1.165, 1.54) is 12.1 Å². The number of benzene rings is 1. The Balaban J connectivity index is 2.33. The minimum absolute atomic E-state index is 0.167. The van der Waals surface area contributed by atoms with E-state index in [9.17, 15) is 8.78 Å². The molecule has 0 saturated carbocycles. The Morgan fingerprint density at radius 1 is 1.33 bits per heavy atom. The first-order valence-electron chi connectivity index (χ1n) is 5.04. The van der Waals surface area contributed by atoms with Crippen molar-refractivity contribution in [3.63, 3.8) is 0 Å². The van der Waals surface area contributed by atoms with Crippen LogP contribution in [0.3, 0.4) is 0 Å². The van der Waals surface area contributed by atoms with Gasteiger partial charge in [-0.15, -0.1) is 11.8 Å². The predicted molar refractivity (Wildman–Crippen MR) is 57.8 cm³/mol. The zero-order valence-electron chi connectivity index (χ0n) is 8.47. The first kappa shape index (κ1) is 10.9. The maximum Gasteiger partial charge on any atom is 0.159 e. The van der Waals surface area contributed by atoms with E-state index in [-0.39, 0.29) is 11.3 Å². The van der Waals surface area contributed by atoms with E-state index in [0.29, 0.717) is 0 Å². The van der Waals surface area contributed by atoms with Crippen molar-refractivity contribution in [2.75, 3.05) is 0 Å². The van der Waals surface area contributed by atoms with Crippen LogP contribution in [-0.4, -0.2) is 5.25 Å². The van der Waals surface area contributed by atoms with Gasteiger partial charge in [0.1, 0.15) is 0 Å². The lowest BCUT2D eigenvalue weighted by Crippen LogP contribution is -2.19. The summed E-state index contributed by atoms with van der Waals surface area (Å²) in [5.74, 6) is -1.59. The van der Waals surface area contributed by atoms with Gasteiger partial charge in [-0.25, -0.2) is 8.78 Å². The molecule has 4 heteroatoms. The normalized spacial score (nSPS) is 24.3. The molecule has 0 aromatic heterocycles. The van der Waals surface area contributed by atoms with Gasteiger partial charge in [0.05, 0.1) is 0 Å². The van der Waals surface area contributed by atoms with Crippen molar-refractivity contribution in [2.24, 2.45) is 5.73 Å². The number of rotatable bonds is 2. The Labute approximate surface area is 92.0 Å². The molecule has 1 aliphatic rings. The average molecular weight is 229 g/mol. The third-order valence-corrected chi connectivity index (χ3v) is 4.10.